The first kappa shape index (κ1) is 15.8. The molecule has 21 heavy (non-hydrogen) atoms. The van der Waals surface area contributed by atoms with Crippen LogP contribution in [0.5, 0.6) is 0 Å². The molecule has 1 amide bonds. The van der Waals surface area contributed by atoms with Gasteiger partial charge in [0, 0.05) is 12.1 Å². The summed E-state index contributed by atoms with van der Waals surface area (Å²) in [6, 6.07) is 4.10. The number of carbonyl (C=O) groups excluding carboxylic acids is 1. The summed E-state index contributed by atoms with van der Waals surface area (Å²) in [6.07, 6.45) is -2.79. The number of alkyl halides is 3. The number of hydrogen-bond acceptors (Lipinski definition) is 2. The summed E-state index contributed by atoms with van der Waals surface area (Å²) >= 11 is 0. The zero-order valence-electron chi connectivity index (χ0n) is 11.7. The molecule has 0 saturated carbocycles. The van der Waals surface area contributed by atoms with Crippen LogP contribution in [-0.4, -0.2) is 34.6 Å². The van der Waals surface area contributed by atoms with Crippen molar-refractivity contribution in [1.29, 1.82) is 0 Å². The summed E-state index contributed by atoms with van der Waals surface area (Å²) in [6.45, 7) is 2.06. The van der Waals surface area contributed by atoms with Crippen molar-refractivity contribution in [2.45, 2.75) is 44.5 Å². The maximum Gasteiger partial charge on any atom is 0.416 e. The molecule has 3 nitrogen and oxygen atoms in total. The molecular formula is C15H18F3NO2. The molecule has 1 aromatic rings. The maximum absolute atomic E-state index is 12.7. The van der Waals surface area contributed by atoms with Crippen LogP contribution < -0.4 is 0 Å². The van der Waals surface area contributed by atoms with Crippen LogP contribution in [0.25, 0.3) is 0 Å². The molecular weight excluding hydrogens is 283 g/mol. The van der Waals surface area contributed by atoms with E-state index in [0.717, 1.165) is 25.0 Å². The van der Waals surface area contributed by atoms with E-state index in [4.69, 9.17) is 0 Å². The van der Waals surface area contributed by atoms with E-state index in [0.29, 0.717) is 13.0 Å². The Kier molecular flexibility index (Phi) is 4.56. The summed E-state index contributed by atoms with van der Waals surface area (Å²) in [5, 5.41) is 9.75. The first-order valence-electron chi connectivity index (χ1n) is 6.97. The molecule has 0 radical (unpaired) electrons. The van der Waals surface area contributed by atoms with E-state index in [1.54, 1.807) is 6.92 Å². The smallest absolute Gasteiger partial charge is 0.391 e. The topological polar surface area (TPSA) is 40.5 Å². The highest BCUT2D eigenvalue weighted by atomic mass is 19.4. The number of likely N-dealkylation sites (tertiary alicyclic amines) is 1. The van der Waals surface area contributed by atoms with Crippen LogP contribution in [-0.2, 0) is 6.18 Å². The van der Waals surface area contributed by atoms with Gasteiger partial charge in [0.05, 0.1) is 17.7 Å². The Balaban J connectivity index is 2.26. The number of amides is 1. The Bertz CT molecular complexity index is 514. The summed E-state index contributed by atoms with van der Waals surface area (Å²) in [5.74, 6) is -0.452. The van der Waals surface area contributed by atoms with Crippen LogP contribution in [0.3, 0.4) is 0 Å². The maximum atomic E-state index is 12.7. The number of aliphatic hydroxyl groups excluding tert-OH is 1. The normalized spacial score (nSPS) is 21.2. The first-order chi connectivity index (χ1) is 9.80. The minimum absolute atomic E-state index is 0.0115. The van der Waals surface area contributed by atoms with Gasteiger partial charge in [-0.1, -0.05) is 6.07 Å². The summed E-state index contributed by atoms with van der Waals surface area (Å²) in [5.41, 5.74) is -0.823. The van der Waals surface area contributed by atoms with Gasteiger partial charge in [-0.05, 0) is 44.4 Å². The monoisotopic (exact) mass is 301 g/mol. The summed E-state index contributed by atoms with van der Waals surface area (Å²) in [4.78, 5) is 13.9. The van der Waals surface area contributed by atoms with Crippen molar-refractivity contribution in [3.63, 3.8) is 0 Å². The zero-order chi connectivity index (χ0) is 15.6. The molecule has 0 aromatic heterocycles. The van der Waals surface area contributed by atoms with Gasteiger partial charge in [-0.2, -0.15) is 13.2 Å². The second-order valence-corrected chi connectivity index (χ2v) is 5.38. The molecule has 0 aliphatic carbocycles. The minimum Gasteiger partial charge on any atom is -0.391 e. The molecule has 1 N–H and O–H groups in total. The van der Waals surface area contributed by atoms with Gasteiger partial charge in [0.2, 0.25) is 0 Å². The van der Waals surface area contributed by atoms with Crippen molar-refractivity contribution in [2.75, 3.05) is 6.54 Å². The van der Waals surface area contributed by atoms with E-state index in [9.17, 15) is 23.1 Å². The van der Waals surface area contributed by atoms with Crippen LogP contribution in [0.15, 0.2) is 24.3 Å². The lowest BCUT2D eigenvalue weighted by Gasteiger charge is -2.37. The Hall–Kier alpha value is -1.56. The summed E-state index contributed by atoms with van der Waals surface area (Å²) < 4.78 is 38.1. The fraction of sp³-hybridized carbons (Fsp3) is 0.533. The average molecular weight is 301 g/mol. The number of aliphatic hydroxyl groups is 1. The molecule has 1 aliphatic heterocycles. The van der Waals surface area contributed by atoms with Gasteiger partial charge in [0.15, 0.2) is 0 Å². The van der Waals surface area contributed by atoms with Crippen LogP contribution in [0.1, 0.15) is 42.1 Å². The van der Waals surface area contributed by atoms with Gasteiger partial charge in [-0.25, -0.2) is 0 Å². The van der Waals surface area contributed by atoms with Crippen molar-refractivity contribution in [1.82, 2.24) is 4.90 Å². The first-order valence-corrected chi connectivity index (χ1v) is 6.97. The van der Waals surface area contributed by atoms with Gasteiger partial charge in [-0.3, -0.25) is 4.79 Å². The number of benzene rings is 1. The van der Waals surface area contributed by atoms with Gasteiger partial charge >= 0.3 is 6.18 Å². The Morgan fingerprint density at radius 2 is 2.10 bits per heavy atom. The predicted octanol–water partition coefficient (Wildman–Crippen LogP) is 3.08. The van der Waals surface area contributed by atoms with Crippen LogP contribution in [0.4, 0.5) is 13.2 Å². The van der Waals surface area contributed by atoms with E-state index in [1.165, 1.54) is 17.0 Å². The highest BCUT2D eigenvalue weighted by Gasteiger charge is 2.33. The molecule has 0 spiro atoms. The summed E-state index contributed by atoms with van der Waals surface area (Å²) in [7, 11) is 0. The third-order valence-corrected chi connectivity index (χ3v) is 3.80. The number of halogens is 3. The molecule has 6 heteroatoms. The van der Waals surface area contributed by atoms with Gasteiger partial charge in [0.1, 0.15) is 0 Å². The Morgan fingerprint density at radius 3 is 2.71 bits per heavy atom. The predicted molar refractivity (Wildman–Crippen MR) is 71.8 cm³/mol. The molecule has 0 unspecified atom stereocenters. The lowest BCUT2D eigenvalue weighted by Crippen LogP contribution is -2.48. The zero-order valence-corrected chi connectivity index (χ0v) is 11.7. The Labute approximate surface area is 121 Å². The van der Waals surface area contributed by atoms with Crippen molar-refractivity contribution in [3.8, 4) is 0 Å². The van der Waals surface area contributed by atoms with Crippen molar-refractivity contribution in [3.05, 3.63) is 35.4 Å². The molecule has 1 aliphatic rings. The van der Waals surface area contributed by atoms with Crippen LogP contribution >= 0.6 is 0 Å². The Morgan fingerprint density at radius 1 is 1.38 bits per heavy atom. The second-order valence-electron chi connectivity index (χ2n) is 5.38. The van der Waals surface area contributed by atoms with E-state index in [-0.39, 0.29) is 11.6 Å². The third-order valence-electron chi connectivity index (χ3n) is 3.80. The lowest BCUT2D eigenvalue weighted by molar-refractivity contribution is -0.137. The van der Waals surface area contributed by atoms with Crippen LogP contribution in [0, 0.1) is 0 Å². The van der Waals surface area contributed by atoms with Gasteiger partial charge < -0.3 is 10.0 Å². The number of rotatable bonds is 2. The number of piperidine rings is 1. The fourth-order valence-electron chi connectivity index (χ4n) is 2.71. The van der Waals surface area contributed by atoms with Crippen molar-refractivity contribution < 1.29 is 23.1 Å². The minimum atomic E-state index is -4.47. The molecule has 1 fully saturated rings. The SMILES string of the molecule is C[C@H](O)[C@@H]1CCCCN1C(=O)c1cccc(C(F)(F)F)c1. The molecule has 2 rings (SSSR count). The molecule has 0 bridgehead atoms. The van der Waals surface area contributed by atoms with Crippen molar-refractivity contribution >= 4 is 5.91 Å². The highest BCUT2D eigenvalue weighted by molar-refractivity contribution is 5.94. The number of hydrogen-bond donors (Lipinski definition) is 1. The second kappa shape index (κ2) is 6.05. The molecule has 1 saturated heterocycles. The largest absolute Gasteiger partial charge is 0.416 e. The quantitative estimate of drug-likeness (QED) is 0.912. The van der Waals surface area contributed by atoms with Gasteiger partial charge in [-0.15, -0.1) is 0 Å². The highest BCUT2D eigenvalue weighted by Crippen LogP contribution is 2.30. The van der Waals surface area contributed by atoms with E-state index in [2.05, 4.69) is 0 Å². The molecule has 116 valence electrons. The standard InChI is InChI=1S/C15H18F3NO2/c1-10(20)13-7-2-3-8-19(13)14(21)11-5-4-6-12(9-11)15(16,17)18/h4-6,9-10,13,20H,2-3,7-8H2,1H3/t10-,13-/m0/s1. The van der Waals surface area contributed by atoms with E-state index >= 15 is 0 Å². The fourth-order valence-corrected chi connectivity index (χ4v) is 2.71. The number of carbonyl (C=O) groups is 1. The van der Waals surface area contributed by atoms with Crippen molar-refractivity contribution in [2.24, 2.45) is 0 Å². The van der Waals surface area contributed by atoms with Gasteiger partial charge in [0.25, 0.3) is 5.91 Å². The molecule has 1 aromatic carbocycles. The third kappa shape index (κ3) is 3.56. The lowest BCUT2D eigenvalue weighted by atomic mass is 9.97. The molecule has 1 heterocycles. The van der Waals surface area contributed by atoms with E-state index in [1.807, 2.05) is 0 Å². The van der Waals surface area contributed by atoms with Crippen LogP contribution in [0.2, 0.25) is 0 Å². The van der Waals surface area contributed by atoms with E-state index < -0.39 is 23.8 Å². The number of nitrogens with zero attached hydrogens (tertiary/aromatic N) is 1. The average Bonchev–Trinajstić information content (AvgIpc) is 2.45. The molecule has 2 atom stereocenters.